The third kappa shape index (κ3) is 2.04. The van der Waals surface area contributed by atoms with E-state index in [1.165, 1.54) is 12.8 Å². The molecule has 0 spiro atoms. The minimum atomic E-state index is 0.414. The SMILES string of the molecule is CC1CCNC(c2cnccn2)C1. The summed E-state index contributed by atoms with van der Waals surface area (Å²) in [5.41, 5.74) is 1.08. The molecule has 1 fully saturated rings. The van der Waals surface area contributed by atoms with Gasteiger partial charge in [-0.25, -0.2) is 0 Å². The van der Waals surface area contributed by atoms with E-state index in [0.717, 1.165) is 18.2 Å². The average Bonchev–Trinajstić information content (AvgIpc) is 2.19. The Morgan fingerprint density at radius 1 is 1.46 bits per heavy atom. The second kappa shape index (κ2) is 3.83. The van der Waals surface area contributed by atoms with Crippen molar-refractivity contribution >= 4 is 0 Å². The molecule has 2 unspecified atom stereocenters. The lowest BCUT2D eigenvalue weighted by molar-refractivity contribution is 0.320. The summed E-state index contributed by atoms with van der Waals surface area (Å²) in [5.74, 6) is 0.799. The van der Waals surface area contributed by atoms with Crippen LogP contribution in [0.25, 0.3) is 0 Å². The van der Waals surface area contributed by atoms with Crippen LogP contribution in [0.2, 0.25) is 0 Å². The first kappa shape index (κ1) is 8.63. The molecule has 1 N–H and O–H groups in total. The van der Waals surface area contributed by atoms with E-state index in [9.17, 15) is 0 Å². The van der Waals surface area contributed by atoms with Gasteiger partial charge in [0.2, 0.25) is 0 Å². The van der Waals surface area contributed by atoms with Gasteiger partial charge >= 0.3 is 0 Å². The lowest BCUT2D eigenvalue weighted by atomic mass is 9.93. The molecule has 1 aromatic rings. The van der Waals surface area contributed by atoms with E-state index in [4.69, 9.17) is 0 Å². The minimum Gasteiger partial charge on any atom is -0.309 e. The molecule has 1 aliphatic rings. The maximum absolute atomic E-state index is 4.31. The van der Waals surface area contributed by atoms with E-state index in [1.54, 1.807) is 12.4 Å². The number of rotatable bonds is 1. The molecule has 1 aromatic heterocycles. The fraction of sp³-hybridized carbons (Fsp3) is 0.600. The highest BCUT2D eigenvalue weighted by atomic mass is 15.0. The normalized spacial score (nSPS) is 28.7. The third-order valence-electron chi connectivity index (χ3n) is 2.61. The van der Waals surface area contributed by atoms with Crippen molar-refractivity contribution in [1.29, 1.82) is 0 Å². The van der Waals surface area contributed by atoms with Gasteiger partial charge in [-0.05, 0) is 25.3 Å². The molecular formula is C10H15N3. The number of nitrogens with one attached hydrogen (secondary N) is 1. The highest BCUT2D eigenvalue weighted by molar-refractivity contribution is 5.03. The summed E-state index contributed by atoms with van der Waals surface area (Å²) in [6.07, 6.45) is 7.79. The predicted octanol–water partition coefficient (Wildman–Crippen LogP) is 1.54. The van der Waals surface area contributed by atoms with Crippen LogP contribution in [0.5, 0.6) is 0 Å². The number of nitrogens with zero attached hydrogens (tertiary/aromatic N) is 2. The number of aromatic nitrogens is 2. The van der Waals surface area contributed by atoms with E-state index >= 15 is 0 Å². The third-order valence-corrected chi connectivity index (χ3v) is 2.61. The van der Waals surface area contributed by atoms with Gasteiger partial charge in [0.15, 0.2) is 0 Å². The first-order valence-corrected chi connectivity index (χ1v) is 4.85. The second-order valence-electron chi connectivity index (χ2n) is 3.77. The minimum absolute atomic E-state index is 0.414. The summed E-state index contributed by atoms with van der Waals surface area (Å²) in [6.45, 7) is 3.40. The van der Waals surface area contributed by atoms with Crippen molar-refractivity contribution in [2.24, 2.45) is 5.92 Å². The molecule has 0 radical (unpaired) electrons. The van der Waals surface area contributed by atoms with Gasteiger partial charge in [0.25, 0.3) is 0 Å². The van der Waals surface area contributed by atoms with E-state index in [0.29, 0.717) is 6.04 Å². The standard InChI is InChI=1S/C10H15N3/c1-8-2-3-12-9(6-8)10-7-11-4-5-13-10/h4-5,7-9,12H,2-3,6H2,1H3. The highest BCUT2D eigenvalue weighted by Gasteiger charge is 2.20. The zero-order chi connectivity index (χ0) is 9.10. The van der Waals surface area contributed by atoms with E-state index < -0.39 is 0 Å². The van der Waals surface area contributed by atoms with Crippen LogP contribution in [-0.4, -0.2) is 16.5 Å². The van der Waals surface area contributed by atoms with Crippen molar-refractivity contribution in [3.63, 3.8) is 0 Å². The second-order valence-corrected chi connectivity index (χ2v) is 3.77. The van der Waals surface area contributed by atoms with Gasteiger partial charge in [0, 0.05) is 18.6 Å². The Kier molecular flexibility index (Phi) is 2.54. The van der Waals surface area contributed by atoms with Gasteiger partial charge in [-0.2, -0.15) is 0 Å². The molecule has 1 saturated heterocycles. The Hall–Kier alpha value is -0.960. The van der Waals surface area contributed by atoms with Crippen LogP contribution < -0.4 is 5.32 Å². The summed E-state index contributed by atoms with van der Waals surface area (Å²) in [6, 6.07) is 0.414. The molecule has 2 rings (SSSR count). The Balaban J connectivity index is 2.08. The molecule has 0 aliphatic carbocycles. The van der Waals surface area contributed by atoms with Crippen LogP contribution in [-0.2, 0) is 0 Å². The molecule has 3 heteroatoms. The molecule has 13 heavy (non-hydrogen) atoms. The number of hydrogen-bond acceptors (Lipinski definition) is 3. The Morgan fingerprint density at radius 3 is 3.08 bits per heavy atom. The fourth-order valence-corrected chi connectivity index (χ4v) is 1.82. The summed E-state index contributed by atoms with van der Waals surface area (Å²) >= 11 is 0. The van der Waals surface area contributed by atoms with Gasteiger partial charge in [-0.1, -0.05) is 6.92 Å². The molecule has 0 amide bonds. The van der Waals surface area contributed by atoms with Crippen molar-refractivity contribution in [1.82, 2.24) is 15.3 Å². The van der Waals surface area contributed by atoms with Gasteiger partial charge in [-0.3, -0.25) is 9.97 Å². The average molecular weight is 177 g/mol. The van der Waals surface area contributed by atoms with Gasteiger partial charge in [0.05, 0.1) is 11.7 Å². The molecule has 2 heterocycles. The van der Waals surface area contributed by atoms with Crippen LogP contribution >= 0.6 is 0 Å². The molecular weight excluding hydrogens is 162 g/mol. The Morgan fingerprint density at radius 2 is 2.38 bits per heavy atom. The maximum Gasteiger partial charge on any atom is 0.0756 e. The van der Waals surface area contributed by atoms with Crippen LogP contribution in [0.15, 0.2) is 18.6 Å². The van der Waals surface area contributed by atoms with Crippen molar-refractivity contribution in [2.75, 3.05) is 6.54 Å². The van der Waals surface area contributed by atoms with Crippen LogP contribution in [0.3, 0.4) is 0 Å². The molecule has 2 atom stereocenters. The highest BCUT2D eigenvalue weighted by Crippen LogP contribution is 2.24. The van der Waals surface area contributed by atoms with Crippen LogP contribution in [0, 0.1) is 5.92 Å². The summed E-state index contributed by atoms with van der Waals surface area (Å²) in [5, 5.41) is 3.46. The zero-order valence-corrected chi connectivity index (χ0v) is 7.90. The molecule has 0 bridgehead atoms. The van der Waals surface area contributed by atoms with Crippen molar-refractivity contribution in [3.8, 4) is 0 Å². The summed E-state index contributed by atoms with van der Waals surface area (Å²) in [7, 11) is 0. The summed E-state index contributed by atoms with van der Waals surface area (Å²) < 4.78 is 0. The topological polar surface area (TPSA) is 37.8 Å². The summed E-state index contributed by atoms with van der Waals surface area (Å²) in [4.78, 5) is 8.39. The van der Waals surface area contributed by atoms with Crippen LogP contribution in [0.4, 0.5) is 0 Å². The van der Waals surface area contributed by atoms with Gasteiger partial charge in [-0.15, -0.1) is 0 Å². The number of hydrogen-bond donors (Lipinski definition) is 1. The largest absolute Gasteiger partial charge is 0.309 e. The quantitative estimate of drug-likeness (QED) is 0.707. The molecule has 3 nitrogen and oxygen atoms in total. The van der Waals surface area contributed by atoms with E-state index in [1.807, 2.05) is 6.20 Å². The number of piperidine rings is 1. The van der Waals surface area contributed by atoms with Crippen LogP contribution in [0.1, 0.15) is 31.5 Å². The van der Waals surface area contributed by atoms with Gasteiger partial charge in [0.1, 0.15) is 0 Å². The van der Waals surface area contributed by atoms with E-state index in [-0.39, 0.29) is 0 Å². The van der Waals surface area contributed by atoms with Crippen molar-refractivity contribution < 1.29 is 0 Å². The molecule has 0 saturated carbocycles. The lowest BCUT2D eigenvalue weighted by Crippen LogP contribution is -2.31. The van der Waals surface area contributed by atoms with Gasteiger partial charge < -0.3 is 5.32 Å². The zero-order valence-electron chi connectivity index (χ0n) is 7.90. The Labute approximate surface area is 78.6 Å². The van der Waals surface area contributed by atoms with E-state index in [2.05, 4.69) is 22.2 Å². The maximum atomic E-state index is 4.31. The molecule has 70 valence electrons. The Bertz CT molecular complexity index is 260. The van der Waals surface area contributed by atoms with Crippen molar-refractivity contribution in [3.05, 3.63) is 24.3 Å². The first-order chi connectivity index (χ1) is 6.36. The fourth-order valence-electron chi connectivity index (χ4n) is 1.82. The first-order valence-electron chi connectivity index (χ1n) is 4.85. The predicted molar refractivity (Wildman–Crippen MR) is 51.2 cm³/mol. The smallest absolute Gasteiger partial charge is 0.0756 e. The molecule has 0 aromatic carbocycles. The molecule has 1 aliphatic heterocycles. The van der Waals surface area contributed by atoms with Crippen molar-refractivity contribution in [2.45, 2.75) is 25.8 Å². The monoisotopic (exact) mass is 177 g/mol. The lowest BCUT2D eigenvalue weighted by Gasteiger charge is -2.27.